The van der Waals surface area contributed by atoms with Gasteiger partial charge in [0, 0.05) is 19.1 Å². The molecule has 3 rings (SSSR count). The highest BCUT2D eigenvalue weighted by Gasteiger charge is 2.38. The molecule has 0 amide bonds. The molecule has 1 aliphatic carbocycles. The average Bonchev–Trinajstić information content (AvgIpc) is 2.58. The van der Waals surface area contributed by atoms with Crippen LogP contribution in [0, 0.1) is 0 Å². The molecule has 86 valence electrons. The predicted octanol–water partition coefficient (Wildman–Crippen LogP) is 1.15. The Bertz CT molecular complexity index is 222. The van der Waals surface area contributed by atoms with Gasteiger partial charge in [0.05, 0.1) is 18.3 Å². The van der Waals surface area contributed by atoms with Gasteiger partial charge in [0.2, 0.25) is 0 Å². The van der Waals surface area contributed by atoms with Crippen molar-refractivity contribution in [2.45, 2.75) is 62.9 Å². The van der Waals surface area contributed by atoms with E-state index < -0.39 is 0 Å². The molecule has 3 aliphatic rings. The Balaban J connectivity index is 1.66. The van der Waals surface area contributed by atoms with Crippen LogP contribution >= 0.6 is 0 Å². The Morgan fingerprint density at radius 3 is 2.27 bits per heavy atom. The predicted molar refractivity (Wildman–Crippen MR) is 57.7 cm³/mol. The monoisotopic (exact) mass is 211 g/mol. The highest BCUT2D eigenvalue weighted by atomic mass is 16.5. The van der Waals surface area contributed by atoms with Crippen molar-refractivity contribution < 1.29 is 9.84 Å². The number of aliphatic hydroxyl groups excluding tert-OH is 1. The number of aliphatic hydroxyl groups is 1. The maximum atomic E-state index is 10.0. The quantitative estimate of drug-likeness (QED) is 0.706. The molecular weight excluding hydrogens is 190 g/mol. The SMILES string of the molecule is OC1CCCCC1N1CC2CCC(C1)O2. The first kappa shape index (κ1) is 10.1. The van der Waals surface area contributed by atoms with E-state index in [2.05, 4.69) is 4.90 Å². The molecule has 3 nitrogen and oxygen atoms in total. The first-order chi connectivity index (χ1) is 7.33. The number of fused-ring (bicyclic) bond motifs is 2. The second-order valence-corrected chi connectivity index (χ2v) is 5.33. The van der Waals surface area contributed by atoms with Crippen LogP contribution in [-0.2, 0) is 4.74 Å². The lowest BCUT2D eigenvalue weighted by molar-refractivity contribution is -0.0804. The van der Waals surface area contributed by atoms with Crippen LogP contribution in [-0.4, -0.2) is 47.4 Å². The summed E-state index contributed by atoms with van der Waals surface area (Å²) < 4.78 is 5.83. The molecule has 2 saturated heterocycles. The van der Waals surface area contributed by atoms with Crippen molar-refractivity contribution >= 4 is 0 Å². The molecule has 2 aliphatic heterocycles. The number of morpholine rings is 1. The van der Waals surface area contributed by atoms with Crippen LogP contribution in [0.5, 0.6) is 0 Å². The number of likely N-dealkylation sites (tertiary alicyclic amines) is 1. The van der Waals surface area contributed by atoms with Gasteiger partial charge in [-0.05, 0) is 25.7 Å². The van der Waals surface area contributed by atoms with Gasteiger partial charge in [-0.1, -0.05) is 12.8 Å². The molecule has 2 bridgehead atoms. The summed E-state index contributed by atoms with van der Waals surface area (Å²) in [5.74, 6) is 0. The number of hydrogen-bond acceptors (Lipinski definition) is 3. The molecule has 0 aromatic heterocycles. The van der Waals surface area contributed by atoms with Crippen molar-refractivity contribution in [2.24, 2.45) is 0 Å². The van der Waals surface area contributed by atoms with Crippen LogP contribution in [0.2, 0.25) is 0 Å². The third-order valence-electron chi connectivity index (χ3n) is 4.23. The van der Waals surface area contributed by atoms with Crippen molar-refractivity contribution in [3.8, 4) is 0 Å². The number of hydrogen-bond donors (Lipinski definition) is 1. The Morgan fingerprint density at radius 1 is 0.933 bits per heavy atom. The van der Waals surface area contributed by atoms with Crippen molar-refractivity contribution in [1.29, 1.82) is 0 Å². The smallest absolute Gasteiger partial charge is 0.0707 e. The molecule has 2 heterocycles. The summed E-state index contributed by atoms with van der Waals surface area (Å²) in [7, 11) is 0. The minimum atomic E-state index is -0.0868. The summed E-state index contributed by atoms with van der Waals surface area (Å²) in [6.07, 6.45) is 7.95. The molecule has 4 atom stereocenters. The maximum Gasteiger partial charge on any atom is 0.0707 e. The van der Waals surface area contributed by atoms with Gasteiger partial charge in [-0.25, -0.2) is 0 Å². The van der Waals surface area contributed by atoms with Gasteiger partial charge in [0.15, 0.2) is 0 Å². The zero-order valence-electron chi connectivity index (χ0n) is 9.27. The Morgan fingerprint density at radius 2 is 1.60 bits per heavy atom. The molecule has 1 saturated carbocycles. The van der Waals surface area contributed by atoms with E-state index in [4.69, 9.17) is 4.74 Å². The molecule has 0 spiro atoms. The second-order valence-electron chi connectivity index (χ2n) is 5.33. The number of rotatable bonds is 1. The van der Waals surface area contributed by atoms with Gasteiger partial charge in [-0.15, -0.1) is 0 Å². The van der Waals surface area contributed by atoms with Crippen molar-refractivity contribution in [2.75, 3.05) is 13.1 Å². The van der Waals surface area contributed by atoms with Crippen LogP contribution in [0.3, 0.4) is 0 Å². The standard InChI is InChI=1S/C12H21NO2/c14-12-4-2-1-3-11(12)13-7-9-5-6-10(8-13)15-9/h9-12,14H,1-8H2. The van der Waals surface area contributed by atoms with Gasteiger partial charge >= 0.3 is 0 Å². The zero-order valence-corrected chi connectivity index (χ0v) is 9.27. The Kier molecular flexibility index (Phi) is 2.71. The van der Waals surface area contributed by atoms with Crippen LogP contribution in [0.4, 0.5) is 0 Å². The summed E-state index contributed by atoms with van der Waals surface area (Å²) in [4.78, 5) is 2.50. The lowest BCUT2D eigenvalue weighted by Crippen LogP contribution is -2.53. The van der Waals surface area contributed by atoms with E-state index in [-0.39, 0.29) is 6.10 Å². The average molecular weight is 211 g/mol. The zero-order chi connectivity index (χ0) is 10.3. The molecule has 15 heavy (non-hydrogen) atoms. The van der Waals surface area contributed by atoms with E-state index in [0.29, 0.717) is 18.2 Å². The third kappa shape index (κ3) is 1.93. The van der Waals surface area contributed by atoms with E-state index in [0.717, 1.165) is 19.5 Å². The fourth-order valence-corrected chi connectivity index (χ4v) is 3.43. The Hall–Kier alpha value is -0.120. The fraction of sp³-hybridized carbons (Fsp3) is 1.00. The van der Waals surface area contributed by atoms with Crippen molar-refractivity contribution in [3.05, 3.63) is 0 Å². The topological polar surface area (TPSA) is 32.7 Å². The molecular formula is C12H21NO2. The van der Waals surface area contributed by atoms with Crippen LogP contribution in [0.1, 0.15) is 38.5 Å². The fourth-order valence-electron chi connectivity index (χ4n) is 3.43. The molecule has 0 aromatic rings. The lowest BCUT2D eigenvalue weighted by atomic mass is 9.91. The van der Waals surface area contributed by atoms with Crippen LogP contribution < -0.4 is 0 Å². The molecule has 1 N–H and O–H groups in total. The second kappa shape index (κ2) is 4.04. The molecule has 4 unspecified atom stereocenters. The number of nitrogens with zero attached hydrogens (tertiary/aromatic N) is 1. The van der Waals surface area contributed by atoms with Crippen molar-refractivity contribution in [3.63, 3.8) is 0 Å². The summed E-state index contributed by atoms with van der Waals surface area (Å²) >= 11 is 0. The van der Waals surface area contributed by atoms with E-state index >= 15 is 0 Å². The van der Waals surface area contributed by atoms with E-state index in [1.165, 1.54) is 32.1 Å². The molecule has 0 aromatic carbocycles. The van der Waals surface area contributed by atoms with Gasteiger partial charge < -0.3 is 9.84 Å². The summed E-state index contributed by atoms with van der Waals surface area (Å²) in [6.45, 7) is 2.11. The molecule has 3 heteroatoms. The van der Waals surface area contributed by atoms with E-state index in [1.807, 2.05) is 0 Å². The summed E-state index contributed by atoms with van der Waals surface area (Å²) in [5, 5.41) is 10.0. The van der Waals surface area contributed by atoms with E-state index in [9.17, 15) is 5.11 Å². The van der Waals surface area contributed by atoms with Gasteiger partial charge in [-0.2, -0.15) is 0 Å². The summed E-state index contributed by atoms with van der Waals surface area (Å²) in [5.41, 5.74) is 0. The first-order valence-corrected chi connectivity index (χ1v) is 6.40. The molecule has 0 radical (unpaired) electrons. The minimum absolute atomic E-state index is 0.0868. The highest BCUT2D eigenvalue weighted by Crippen LogP contribution is 2.31. The highest BCUT2D eigenvalue weighted by molar-refractivity contribution is 4.91. The normalized spacial score (nSPS) is 47.0. The molecule has 3 fully saturated rings. The van der Waals surface area contributed by atoms with Gasteiger partial charge in [0.1, 0.15) is 0 Å². The third-order valence-corrected chi connectivity index (χ3v) is 4.23. The summed E-state index contributed by atoms with van der Waals surface area (Å²) in [6, 6.07) is 0.422. The van der Waals surface area contributed by atoms with Crippen LogP contribution in [0.15, 0.2) is 0 Å². The Labute approximate surface area is 91.4 Å². The number of ether oxygens (including phenoxy) is 1. The first-order valence-electron chi connectivity index (χ1n) is 6.40. The maximum absolute atomic E-state index is 10.0. The largest absolute Gasteiger partial charge is 0.391 e. The van der Waals surface area contributed by atoms with Crippen molar-refractivity contribution in [1.82, 2.24) is 4.90 Å². The lowest BCUT2D eigenvalue weighted by Gasteiger charge is -2.41. The van der Waals surface area contributed by atoms with Crippen LogP contribution in [0.25, 0.3) is 0 Å². The van der Waals surface area contributed by atoms with Gasteiger partial charge in [-0.3, -0.25) is 4.90 Å². The van der Waals surface area contributed by atoms with Gasteiger partial charge in [0.25, 0.3) is 0 Å². The minimum Gasteiger partial charge on any atom is -0.391 e. The van der Waals surface area contributed by atoms with E-state index in [1.54, 1.807) is 0 Å².